The molecule has 1 aromatic carbocycles. The highest BCUT2D eigenvalue weighted by molar-refractivity contribution is 7.89. The lowest BCUT2D eigenvalue weighted by Crippen LogP contribution is -2.29. The number of aryl methyl sites for hydroxylation is 3. The first-order valence-electron chi connectivity index (χ1n) is 10.1. The van der Waals surface area contributed by atoms with Gasteiger partial charge in [0, 0.05) is 49.7 Å². The maximum Gasteiger partial charge on any atom is 0.259 e. The molecule has 9 nitrogen and oxygen atoms in total. The molecular weight excluding hydrogens is 414 g/mol. The summed E-state index contributed by atoms with van der Waals surface area (Å²) in [7, 11) is -1.89. The van der Waals surface area contributed by atoms with Crippen LogP contribution in [0.5, 0.6) is 0 Å². The molecule has 0 spiro atoms. The van der Waals surface area contributed by atoms with Gasteiger partial charge >= 0.3 is 0 Å². The zero-order valence-electron chi connectivity index (χ0n) is 18.5. The Morgan fingerprint density at radius 3 is 2.39 bits per heavy atom. The van der Waals surface area contributed by atoms with Crippen LogP contribution in [0.15, 0.2) is 41.6 Å². The fourth-order valence-electron chi connectivity index (χ4n) is 3.05. The largest absolute Gasteiger partial charge is 0.353 e. The summed E-state index contributed by atoms with van der Waals surface area (Å²) in [6.07, 6.45) is 1.53. The summed E-state index contributed by atoms with van der Waals surface area (Å²) >= 11 is 0. The lowest BCUT2D eigenvalue weighted by molar-refractivity contribution is 0.579. The number of hydrogen-bond donors (Lipinski definition) is 3. The van der Waals surface area contributed by atoms with Crippen LogP contribution in [0.2, 0.25) is 0 Å². The van der Waals surface area contributed by atoms with E-state index in [4.69, 9.17) is 0 Å². The van der Waals surface area contributed by atoms with Crippen LogP contribution in [-0.2, 0) is 17.1 Å². The molecule has 0 radical (unpaired) electrons. The fourth-order valence-corrected chi connectivity index (χ4v) is 4.08. The van der Waals surface area contributed by atoms with Crippen molar-refractivity contribution in [2.24, 2.45) is 7.05 Å². The van der Waals surface area contributed by atoms with Crippen molar-refractivity contribution in [3.8, 4) is 0 Å². The summed E-state index contributed by atoms with van der Waals surface area (Å²) in [6.45, 7) is 8.36. The Labute approximate surface area is 183 Å². The zero-order chi connectivity index (χ0) is 22.6. The second-order valence-electron chi connectivity index (χ2n) is 7.74. The molecule has 3 N–H and O–H groups in total. The van der Waals surface area contributed by atoms with Gasteiger partial charge in [-0.25, -0.2) is 23.1 Å². The molecule has 3 aromatic rings. The molecule has 0 saturated carbocycles. The summed E-state index contributed by atoms with van der Waals surface area (Å²) in [5.41, 5.74) is 2.90. The summed E-state index contributed by atoms with van der Waals surface area (Å²) in [4.78, 5) is 13.1. The van der Waals surface area contributed by atoms with Crippen LogP contribution < -0.4 is 15.4 Å². The van der Waals surface area contributed by atoms with Crippen molar-refractivity contribution < 1.29 is 8.42 Å². The molecule has 0 aliphatic rings. The van der Waals surface area contributed by atoms with E-state index in [1.165, 1.54) is 11.8 Å². The fraction of sp³-hybridized carbons (Fsp3) is 0.381. The SMILES string of the molecule is Cc1ccc(Nc2cc(C)nc(NCCNS(=O)(=O)c3cn(C)c(C(C)C)n3)n2)cc1. The first-order chi connectivity index (χ1) is 14.6. The third-order valence-corrected chi connectivity index (χ3v) is 5.89. The number of benzene rings is 1. The van der Waals surface area contributed by atoms with Crippen molar-refractivity contribution in [2.45, 2.75) is 38.6 Å². The van der Waals surface area contributed by atoms with Crippen molar-refractivity contribution in [3.63, 3.8) is 0 Å². The maximum atomic E-state index is 12.5. The monoisotopic (exact) mass is 443 g/mol. The van der Waals surface area contributed by atoms with Gasteiger partial charge in [0.2, 0.25) is 5.95 Å². The molecule has 0 amide bonds. The number of sulfonamides is 1. The van der Waals surface area contributed by atoms with Gasteiger partial charge in [-0.2, -0.15) is 4.98 Å². The molecule has 0 fully saturated rings. The van der Waals surface area contributed by atoms with Crippen LogP contribution in [0.4, 0.5) is 17.5 Å². The maximum absolute atomic E-state index is 12.5. The highest BCUT2D eigenvalue weighted by Crippen LogP contribution is 2.18. The predicted octanol–water partition coefficient (Wildman–Crippen LogP) is 3.08. The predicted molar refractivity (Wildman–Crippen MR) is 122 cm³/mol. The standard InChI is InChI=1S/C21H29N7O2S/c1-14(2)20-27-19(13-28(20)5)31(29,30)23-11-10-22-21-24-16(4)12-18(26-21)25-17-8-6-15(3)7-9-17/h6-9,12-14,23H,10-11H2,1-5H3,(H2,22,24,25,26). The Morgan fingerprint density at radius 1 is 1.03 bits per heavy atom. The highest BCUT2D eigenvalue weighted by atomic mass is 32.2. The third kappa shape index (κ3) is 6.02. The average Bonchev–Trinajstić information content (AvgIpc) is 3.10. The molecule has 0 aliphatic carbocycles. The topological polar surface area (TPSA) is 114 Å². The minimum absolute atomic E-state index is 0.0232. The second-order valence-corrected chi connectivity index (χ2v) is 9.45. The Hall–Kier alpha value is -2.98. The van der Waals surface area contributed by atoms with E-state index in [9.17, 15) is 8.42 Å². The van der Waals surface area contributed by atoms with E-state index in [2.05, 4.69) is 30.3 Å². The smallest absolute Gasteiger partial charge is 0.259 e. The molecule has 0 aliphatic heterocycles. The Balaban J connectivity index is 1.58. The summed E-state index contributed by atoms with van der Waals surface area (Å²) < 4.78 is 29.3. The van der Waals surface area contributed by atoms with Crippen LogP contribution >= 0.6 is 0 Å². The van der Waals surface area contributed by atoms with Crippen molar-refractivity contribution in [2.75, 3.05) is 23.7 Å². The number of nitrogens with one attached hydrogen (secondary N) is 3. The van der Waals surface area contributed by atoms with E-state index in [0.717, 1.165) is 17.2 Å². The van der Waals surface area contributed by atoms with Gasteiger partial charge in [0.15, 0.2) is 5.03 Å². The lowest BCUT2D eigenvalue weighted by atomic mass is 10.2. The van der Waals surface area contributed by atoms with Crippen molar-refractivity contribution >= 4 is 27.5 Å². The zero-order valence-corrected chi connectivity index (χ0v) is 19.3. The van der Waals surface area contributed by atoms with Gasteiger partial charge in [0.25, 0.3) is 10.0 Å². The van der Waals surface area contributed by atoms with Gasteiger partial charge in [0.05, 0.1) is 0 Å². The quantitative estimate of drug-likeness (QED) is 0.436. The molecule has 2 heterocycles. The van der Waals surface area contributed by atoms with E-state index in [-0.39, 0.29) is 17.5 Å². The van der Waals surface area contributed by atoms with Crippen molar-refractivity contribution in [1.29, 1.82) is 0 Å². The second kappa shape index (κ2) is 9.44. The normalized spacial score (nSPS) is 11.7. The van der Waals surface area contributed by atoms with Gasteiger partial charge in [-0.15, -0.1) is 0 Å². The molecule has 0 bridgehead atoms. The Kier molecular flexibility index (Phi) is 6.91. The molecular formula is C21H29N7O2S. The van der Waals surface area contributed by atoms with Gasteiger partial charge in [-0.05, 0) is 26.0 Å². The number of hydrogen-bond acceptors (Lipinski definition) is 7. The summed E-state index contributed by atoms with van der Waals surface area (Å²) in [6, 6.07) is 9.86. The Bertz CT molecular complexity index is 1140. The van der Waals surface area contributed by atoms with Crippen LogP contribution in [0, 0.1) is 13.8 Å². The van der Waals surface area contributed by atoms with Crippen LogP contribution in [0.25, 0.3) is 0 Å². The minimum atomic E-state index is -3.69. The van der Waals surface area contributed by atoms with E-state index in [1.54, 1.807) is 11.6 Å². The van der Waals surface area contributed by atoms with Crippen molar-refractivity contribution in [1.82, 2.24) is 24.2 Å². The molecule has 0 unspecified atom stereocenters. The number of rotatable bonds is 9. The first kappa shape index (κ1) is 22.7. The molecule has 166 valence electrons. The van der Waals surface area contributed by atoms with Crippen molar-refractivity contribution in [3.05, 3.63) is 53.6 Å². The van der Waals surface area contributed by atoms with Gasteiger partial charge in [-0.3, -0.25) is 0 Å². The molecule has 10 heteroatoms. The molecule has 0 saturated heterocycles. The number of anilines is 3. The number of imidazole rings is 1. The molecule has 2 aromatic heterocycles. The summed E-state index contributed by atoms with van der Waals surface area (Å²) in [5, 5.41) is 6.34. The van der Waals surface area contributed by atoms with Gasteiger partial charge in [0.1, 0.15) is 11.6 Å². The van der Waals surface area contributed by atoms with Gasteiger partial charge < -0.3 is 15.2 Å². The minimum Gasteiger partial charge on any atom is -0.353 e. The average molecular weight is 444 g/mol. The third-order valence-electron chi connectivity index (χ3n) is 4.56. The lowest BCUT2D eigenvalue weighted by Gasteiger charge is -2.10. The van der Waals surface area contributed by atoms with Crippen LogP contribution in [0.3, 0.4) is 0 Å². The molecule has 31 heavy (non-hydrogen) atoms. The van der Waals surface area contributed by atoms with E-state index in [0.29, 0.717) is 18.3 Å². The van der Waals surface area contributed by atoms with Crippen LogP contribution in [-0.4, -0.2) is 41.0 Å². The highest BCUT2D eigenvalue weighted by Gasteiger charge is 2.20. The van der Waals surface area contributed by atoms with E-state index >= 15 is 0 Å². The first-order valence-corrected chi connectivity index (χ1v) is 11.6. The molecule has 0 atom stereocenters. The number of aromatic nitrogens is 4. The van der Waals surface area contributed by atoms with E-state index in [1.807, 2.05) is 58.0 Å². The van der Waals surface area contributed by atoms with Gasteiger partial charge in [-0.1, -0.05) is 31.5 Å². The summed E-state index contributed by atoms with van der Waals surface area (Å²) in [5.74, 6) is 1.94. The van der Waals surface area contributed by atoms with E-state index < -0.39 is 10.0 Å². The Morgan fingerprint density at radius 2 is 1.74 bits per heavy atom. The van der Waals surface area contributed by atoms with Crippen LogP contribution in [0.1, 0.15) is 36.8 Å². The number of nitrogens with zero attached hydrogens (tertiary/aromatic N) is 4. The molecule has 3 rings (SSSR count).